The first-order chi connectivity index (χ1) is 25.9. The Hall–Kier alpha value is -6.17. The molecule has 4 aromatic carbocycles. The Morgan fingerprint density at radius 1 is 0.667 bits per heavy atom. The monoisotopic (exact) mass is 720 g/mol. The second-order valence-corrected chi connectivity index (χ2v) is 14.4. The van der Waals surface area contributed by atoms with Gasteiger partial charge in [-0.05, 0) is 54.8 Å². The number of hydrogen-bond donors (Lipinski definition) is 0. The summed E-state index contributed by atoms with van der Waals surface area (Å²) in [6.45, 7) is 16.7. The second-order valence-electron chi connectivity index (χ2n) is 14.4. The summed E-state index contributed by atoms with van der Waals surface area (Å²) in [5.74, 6) is 6.53. The minimum atomic E-state index is -0.0875. The number of benzene rings is 4. The highest BCUT2D eigenvalue weighted by molar-refractivity contribution is 6.01. The number of amides is 2. The Morgan fingerprint density at radius 2 is 1.17 bits per heavy atom. The molecule has 1 aromatic heterocycles. The van der Waals surface area contributed by atoms with Gasteiger partial charge in [-0.2, -0.15) is 0 Å². The Morgan fingerprint density at radius 3 is 1.76 bits per heavy atom. The van der Waals surface area contributed by atoms with Crippen LogP contribution in [0.25, 0.3) is 33.0 Å². The molecule has 0 spiro atoms. The van der Waals surface area contributed by atoms with E-state index >= 15 is 0 Å². The number of hydrogen-bond acceptors (Lipinski definition) is 5. The molecule has 0 unspecified atom stereocenters. The zero-order valence-corrected chi connectivity index (χ0v) is 32.4. The van der Waals surface area contributed by atoms with Crippen molar-refractivity contribution >= 4 is 23.2 Å². The summed E-state index contributed by atoms with van der Waals surface area (Å²) in [4.78, 5) is 32.0. The van der Waals surface area contributed by atoms with Crippen LogP contribution in [0.3, 0.4) is 0 Å². The van der Waals surface area contributed by atoms with Gasteiger partial charge in [0.2, 0.25) is 11.8 Å². The van der Waals surface area contributed by atoms with E-state index in [9.17, 15) is 9.59 Å². The van der Waals surface area contributed by atoms with Crippen LogP contribution < -0.4 is 9.80 Å². The first kappa shape index (κ1) is 39.0. The molecule has 7 rings (SSSR count). The Kier molecular flexibility index (Phi) is 12.7. The third-order valence-electron chi connectivity index (χ3n) is 8.91. The minimum absolute atomic E-state index is 0.0439. The van der Waals surface area contributed by atoms with Crippen molar-refractivity contribution < 1.29 is 9.59 Å². The third-order valence-corrected chi connectivity index (χ3v) is 8.91. The van der Waals surface area contributed by atoms with Crippen LogP contribution in [0.5, 0.6) is 0 Å². The van der Waals surface area contributed by atoms with Crippen molar-refractivity contribution in [2.24, 2.45) is 17.0 Å². The zero-order valence-electron chi connectivity index (χ0n) is 32.4. The van der Waals surface area contributed by atoms with Crippen LogP contribution in [-0.2, 0) is 22.7 Å². The summed E-state index contributed by atoms with van der Waals surface area (Å²) in [5, 5.41) is 12.3. The topological polar surface area (TPSA) is 120 Å². The van der Waals surface area contributed by atoms with Crippen LogP contribution in [0, 0.1) is 23.7 Å². The Balaban J connectivity index is 0.000000185. The lowest BCUT2D eigenvalue weighted by molar-refractivity contribution is -0.122. The second kappa shape index (κ2) is 17.6. The van der Waals surface area contributed by atoms with Crippen molar-refractivity contribution in [1.29, 1.82) is 0 Å². The average molecular weight is 721 g/mol. The van der Waals surface area contributed by atoms with Gasteiger partial charge in [0.05, 0.1) is 30.2 Å². The fourth-order valence-electron chi connectivity index (χ4n) is 6.25. The van der Waals surface area contributed by atoms with Crippen molar-refractivity contribution in [1.82, 2.24) is 15.0 Å². The summed E-state index contributed by atoms with van der Waals surface area (Å²) in [7, 11) is 0. The highest BCUT2D eigenvalue weighted by Crippen LogP contribution is 2.42. The average Bonchev–Trinajstić information content (AvgIpc) is 3.59. The van der Waals surface area contributed by atoms with E-state index in [-0.39, 0.29) is 35.7 Å². The van der Waals surface area contributed by atoms with Crippen LogP contribution in [-0.4, -0.2) is 32.9 Å². The van der Waals surface area contributed by atoms with Gasteiger partial charge in [-0.15, -0.1) is 5.10 Å². The maximum atomic E-state index is 13.0. The van der Waals surface area contributed by atoms with E-state index in [0.717, 1.165) is 56.1 Å². The maximum absolute atomic E-state index is 13.0. The van der Waals surface area contributed by atoms with E-state index in [2.05, 4.69) is 58.2 Å². The molecular formula is C44H48N8O2. The molecule has 2 aliphatic heterocycles. The van der Waals surface area contributed by atoms with Gasteiger partial charge in [0, 0.05) is 51.1 Å². The predicted molar refractivity (Wildman–Crippen MR) is 216 cm³/mol. The van der Waals surface area contributed by atoms with Gasteiger partial charge < -0.3 is 9.80 Å². The van der Waals surface area contributed by atoms with E-state index in [1.807, 2.05) is 141 Å². The molecule has 0 N–H and O–H groups in total. The zero-order chi connectivity index (χ0) is 38.9. The molecule has 2 amide bonds. The first-order valence-electron chi connectivity index (χ1n) is 18.4. The van der Waals surface area contributed by atoms with Crippen molar-refractivity contribution in [3.05, 3.63) is 130 Å². The van der Waals surface area contributed by atoms with Crippen LogP contribution in [0.15, 0.2) is 102 Å². The molecule has 0 saturated carbocycles. The van der Waals surface area contributed by atoms with Gasteiger partial charge in [0.1, 0.15) is 5.69 Å². The summed E-state index contributed by atoms with van der Waals surface area (Å²) >= 11 is 0. The highest BCUT2D eigenvalue weighted by Gasteiger charge is 2.30. The van der Waals surface area contributed by atoms with Crippen molar-refractivity contribution in [3.63, 3.8) is 0 Å². The van der Waals surface area contributed by atoms with Crippen LogP contribution in [0.1, 0.15) is 83.7 Å². The highest BCUT2D eigenvalue weighted by atomic mass is 16.2. The number of carbonyl (C=O) groups is 2. The van der Waals surface area contributed by atoms with Crippen molar-refractivity contribution in [2.75, 3.05) is 9.80 Å². The number of nitrogens with zero attached hydrogens (tertiary/aromatic N) is 8. The predicted octanol–water partition coefficient (Wildman–Crippen LogP) is 9.99. The molecular weight excluding hydrogens is 673 g/mol. The number of aromatic nitrogens is 3. The van der Waals surface area contributed by atoms with E-state index in [1.54, 1.807) is 0 Å². The lowest BCUT2D eigenvalue weighted by Crippen LogP contribution is -2.34. The van der Waals surface area contributed by atoms with Crippen LogP contribution >= 0.6 is 0 Å². The van der Waals surface area contributed by atoms with E-state index in [1.165, 1.54) is 0 Å². The molecule has 10 heteroatoms. The molecule has 3 heterocycles. The van der Waals surface area contributed by atoms with E-state index < -0.39 is 0 Å². The molecule has 276 valence electrons. The van der Waals surface area contributed by atoms with E-state index in [0.29, 0.717) is 13.1 Å². The number of para-hydroxylation sites is 2. The number of anilines is 2. The Labute approximate surface area is 318 Å². The van der Waals surface area contributed by atoms with Crippen molar-refractivity contribution in [3.8, 4) is 34.4 Å². The molecule has 0 fully saturated rings. The summed E-state index contributed by atoms with van der Waals surface area (Å²) in [5.41, 5.74) is 17.5. The largest absolute Gasteiger partial charge is 0.307 e. The molecule has 0 aliphatic carbocycles. The summed E-state index contributed by atoms with van der Waals surface area (Å²) in [6, 6.07) is 32.4. The molecule has 10 nitrogen and oxygen atoms in total. The van der Waals surface area contributed by atoms with Gasteiger partial charge in [0.25, 0.3) is 0 Å². The smallest absolute Gasteiger partial charge is 0.229 e. The molecule has 5 aromatic rings. The fraction of sp³-hybridized carbons (Fsp3) is 0.318. The molecule has 0 saturated heterocycles. The minimum Gasteiger partial charge on any atom is -0.307 e. The van der Waals surface area contributed by atoms with Gasteiger partial charge in [-0.3, -0.25) is 9.59 Å². The molecule has 0 bridgehead atoms. The van der Waals surface area contributed by atoms with E-state index in [4.69, 9.17) is 5.53 Å². The molecule has 2 aliphatic rings. The normalized spacial score (nSPS) is 12.3. The van der Waals surface area contributed by atoms with Gasteiger partial charge in [-0.1, -0.05) is 137 Å². The Bertz CT molecular complexity index is 2230. The molecule has 0 radical (unpaired) electrons. The number of rotatable bonds is 4. The lowest BCUT2D eigenvalue weighted by atomic mass is 9.95. The van der Waals surface area contributed by atoms with Crippen molar-refractivity contribution in [2.45, 2.75) is 80.6 Å². The van der Waals surface area contributed by atoms with Crippen LogP contribution in [0.4, 0.5) is 11.4 Å². The van der Waals surface area contributed by atoms with Gasteiger partial charge >= 0.3 is 0 Å². The SMILES string of the molecule is CC(C)C(=O)N1Cc2ccccc2-c2c(nnn2C(C)C)-c2ccccc21.CC(C)C(=O)N1Cc2ccccc2C#Cc2ccccc21.CC(C)N=[N+]=[N-]. The number of azide groups is 1. The van der Waals surface area contributed by atoms with Gasteiger partial charge in [0.15, 0.2) is 0 Å². The lowest BCUT2D eigenvalue weighted by Gasteiger charge is -2.30. The standard InChI is InChI=1S/C22H24N4O.C19H17NO.C3H7N3/c1-14(2)22(27)25-13-16-9-5-6-10-17(16)21-20(23-24-26(21)15(3)4)18-11-7-8-12-19(18)25;1-14(2)19(21)20-13-17-9-4-3-7-15(17)11-12-16-8-5-6-10-18(16)20;1-3(2)5-6-4/h5-12,14-15H,13H2,1-4H3;3-10,14H,13H2,1-2H3;3H,1-2H3. The quantitative estimate of drug-likeness (QED) is 0.0794. The summed E-state index contributed by atoms with van der Waals surface area (Å²) in [6.07, 6.45) is 0. The van der Waals surface area contributed by atoms with Gasteiger partial charge in [-0.25, -0.2) is 4.68 Å². The summed E-state index contributed by atoms with van der Waals surface area (Å²) < 4.78 is 1.98. The fourth-order valence-corrected chi connectivity index (χ4v) is 6.25. The molecule has 54 heavy (non-hydrogen) atoms. The third kappa shape index (κ3) is 8.71. The first-order valence-corrected chi connectivity index (χ1v) is 18.4. The van der Waals surface area contributed by atoms with Crippen LogP contribution in [0.2, 0.25) is 0 Å². The number of carbonyl (C=O) groups excluding carboxylic acids is 2. The maximum Gasteiger partial charge on any atom is 0.229 e. The number of fused-ring (bicyclic) bond motifs is 7. The molecule has 0 atom stereocenters.